The molecule has 1 aromatic heterocycles. The van der Waals surface area contributed by atoms with Gasteiger partial charge >= 0.3 is 0 Å². The second-order valence-corrected chi connectivity index (χ2v) is 3.97. The van der Waals surface area contributed by atoms with Crippen molar-refractivity contribution in [3.05, 3.63) is 53.5 Å². The summed E-state index contributed by atoms with van der Waals surface area (Å²) in [7, 11) is 0. The summed E-state index contributed by atoms with van der Waals surface area (Å²) in [5.41, 5.74) is 0.997. The van der Waals surface area contributed by atoms with Crippen molar-refractivity contribution >= 4 is 28.5 Å². The first kappa shape index (κ1) is 10.6. The Labute approximate surface area is 97.5 Å². The van der Waals surface area contributed by atoms with Crippen molar-refractivity contribution < 1.29 is 4.79 Å². The van der Waals surface area contributed by atoms with Crippen molar-refractivity contribution in [3.63, 3.8) is 0 Å². The molecule has 4 heteroatoms. The zero-order chi connectivity index (χ0) is 11.2. The normalized spacial score (nSPS) is 10.5. The molecule has 1 aromatic carbocycles. The second-order valence-electron chi connectivity index (χ2n) is 3.07. The Kier molecular flexibility index (Phi) is 3.46. The molecular weight excluding hydrogens is 220 g/mol. The number of benzene rings is 1. The van der Waals surface area contributed by atoms with E-state index in [1.54, 1.807) is 12.3 Å². The van der Waals surface area contributed by atoms with E-state index < -0.39 is 0 Å². The van der Waals surface area contributed by atoms with Crippen LogP contribution in [0.1, 0.15) is 5.56 Å². The highest BCUT2D eigenvalue weighted by Gasteiger charge is 1.98. The van der Waals surface area contributed by atoms with Crippen molar-refractivity contribution in [2.24, 2.45) is 0 Å². The molecule has 1 N–H and O–H groups in total. The van der Waals surface area contributed by atoms with Crippen LogP contribution in [0.3, 0.4) is 0 Å². The molecule has 0 aliphatic rings. The molecule has 0 aliphatic heterocycles. The van der Waals surface area contributed by atoms with E-state index in [2.05, 4.69) is 10.3 Å². The Morgan fingerprint density at radius 1 is 1.31 bits per heavy atom. The summed E-state index contributed by atoms with van der Waals surface area (Å²) in [6.07, 6.45) is 4.92. The Bertz CT molecular complexity index is 477. The van der Waals surface area contributed by atoms with Crippen LogP contribution in [-0.4, -0.2) is 10.9 Å². The van der Waals surface area contributed by atoms with Gasteiger partial charge in [0.05, 0.1) is 0 Å². The van der Waals surface area contributed by atoms with Crippen molar-refractivity contribution in [2.45, 2.75) is 0 Å². The van der Waals surface area contributed by atoms with Gasteiger partial charge in [-0.15, -0.1) is 11.3 Å². The highest BCUT2D eigenvalue weighted by molar-refractivity contribution is 7.13. The van der Waals surface area contributed by atoms with Gasteiger partial charge in [-0.05, 0) is 11.6 Å². The van der Waals surface area contributed by atoms with E-state index >= 15 is 0 Å². The maximum Gasteiger partial charge on any atom is 0.250 e. The smallest absolute Gasteiger partial charge is 0.250 e. The minimum absolute atomic E-state index is 0.168. The first-order chi connectivity index (χ1) is 7.84. The summed E-state index contributed by atoms with van der Waals surface area (Å²) in [5, 5.41) is 5.10. The van der Waals surface area contributed by atoms with Crippen LogP contribution in [0.25, 0.3) is 6.08 Å². The first-order valence-electron chi connectivity index (χ1n) is 4.78. The number of nitrogens with zero attached hydrogens (tertiary/aromatic N) is 1. The number of rotatable bonds is 3. The molecule has 2 aromatic rings. The Morgan fingerprint density at radius 3 is 2.81 bits per heavy atom. The third-order valence-electron chi connectivity index (χ3n) is 1.89. The summed E-state index contributed by atoms with van der Waals surface area (Å²) >= 11 is 1.40. The van der Waals surface area contributed by atoms with E-state index in [1.165, 1.54) is 17.4 Å². The van der Waals surface area contributed by atoms with Crippen LogP contribution in [-0.2, 0) is 4.79 Å². The molecule has 0 spiro atoms. The molecule has 0 radical (unpaired) electrons. The van der Waals surface area contributed by atoms with Crippen LogP contribution in [0.2, 0.25) is 0 Å². The molecule has 3 nitrogen and oxygen atoms in total. The standard InChI is InChI=1S/C12H10N2OS/c15-11(14-12-13-8-9-16-12)7-6-10-4-2-1-3-5-10/h1-9H,(H,13,14,15)/b7-6+. The quantitative estimate of drug-likeness (QED) is 0.824. The van der Waals surface area contributed by atoms with E-state index in [0.717, 1.165) is 5.56 Å². The lowest BCUT2D eigenvalue weighted by molar-refractivity contribution is -0.111. The molecule has 0 aliphatic carbocycles. The Hall–Kier alpha value is -1.94. The molecular formula is C12H10N2OS. The van der Waals surface area contributed by atoms with E-state index in [0.29, 0.717) is 5.13 Å². The highest BCUT2D eigenvalue weighted by Crippen LogP contribution is 2.10. The van der Waals surface area contributed by atoms with Gasteiger partial charge in [0, 0.05) is 17.7 Å². The number of carbonyl (C=O) groups excluding carboxylic acids is 1. The fraction of sp³-hybridized carbons (Fsp3) is 0. The predicted molar refractivity (Wildman–Crippen MR) is 66.2 cm³/mol. The average molecular weight is 230 g/mol. The Morgan fingerprint density at radius 2 is 2.12 bits per heavy atom. The average Bonchev–Trinajstić information content (AvgIpc) is 2.81. The van der Waals surface area contributed by atoms with Gasteiger partial charge < -0.3 is 0 Å². The number of hydrogen-bond acceptors (Lipinski definition) is 3. The van der Waals surface area contributed by atoms with Gasteiger partial charge in [0.25, 0.3) is 0 Å². The molecule has 0 unspecified atom stereocenters. The number of anilines is 1. The number of thiazole rings is 1. The number of nitrogens with one attached hydrogen (secondary N) is 1. The molecule has 0 saturated heterocycles. The summed E-state index contributed by atoms with van der Waals surface area (Å²) in [6, 6.07) is 9.67. The van der Waals surface area contributed by atoms with Crippen molar-refractivity contribution in [1.29, 1.82) is 0 Å². The monoisotopic (exact) mass is 230 g/mol. The van der Waals surface area contributed by atoms with E-state index in [-0.39, 0.29) is 5.91 Å². The maximum atomic E-state index is 11.5. The SMILES string of the molecule is O=C(/C=C/c1ccccc1)Nc1nccs1. The molecule has 16 heavy (non-hydrogen) atoms. The fourth-order valence-corrected chi connectivity index (χ4v) is 1.70. The largest absolute Gasteiger partial charge is 0.298 e. The van der Waals surface area contributed by atoms with Crippen LogP contribution in [0.4, 0.5) is 5.13 Å². The zero-order valence-corrected chi connectivity index (χ0v) is 9.28. The number of hydrogen-bond donors (Lipinski definition) is 1. The number of amides is 1. The van der Waals surface area contributed by atoms with E-state index in [9.17, 15) is 4.79 Å². The molecule has 1 heterocycles. The predicted octanol–water partition coefficient (Wildman–Crippen LogP) is 2.80. The maximum absolute atomic E-state index is 11.5. The lowest BCUT2D eigenvalue weighted by atomic mass is 10.2. The lowest BCUT2D eigenvalue weighted by Gasteiger charge is -1.95. The van der Waals surface area contributed by atoms with Crippen LogP contribution < -0.4 is 5.32 Å². The van der Waals surface area contributed by atoms with Crippen LogP contribution in [0.5, 0.6) is 0 Å². The van der Waals surface area contributed by atoms with Gasteiger partial charge in [-0.2, -0.15) is 0 Å². The number of carbonyl (C=O) groups is 1. The minimum atomic E-state index is -0.168. The van der Waals surface area contributed by atoms with Crippen LogP contribution in [0, 0.1) is 0 Å². The molecule has 1 amide bonds. The van der Waals surface area contributed by atoms with Gasteiger partial charge in [-0.1, -0.05) is 30.3 Å². The summed E-state index contributed by atoms with van der Waals surface area (Å²) in [5.74, 6) is -0.168. The molecule has 0 saturated carbocycles. The summed E-state index contributed by atoms with van der Waals surface area (Å²) < 4.78 is 0. The molecule has 0 bridgehead atoms. The molecule has 80 valence electrons. The summed E-state index contributed by atoms with van der Waals surface area (Å²) in [4.78, 5) is 15.4. The van der Waals surface area contributed by atoms with Gasteiger partial charge in [0.15, 0.2) is 5.13 Å². The van der Waals surface area contributed by atoms with Gasteiger partial charge in [-0.25, -0.2) is 4.98 Å². The third kappa shape index (κ3) is 3.03. The topological polar surface area (TPSA) is 42.0 Å². The minimum Gasteiger partial charge on any atom is -0.298 e. The van der Waals surface area contributed by atoms with Crippen LogP contribution in [0.15, 0.2) is 48.0 Å². The van der Waals surface area contributed by atoms with Crippen molar-refractivity contribution in [3.8, 4) is 0 Å². The van der Waals surface area contributed by atoms with Gasteiger partial charge in [0.2, 0.25) is 5.91 Å². The van der Waals surface area contributed by atoms with Crippen molar-refractivity contribution in [1.82, 2.24) is 4.98 Å². The molecule has 0 fully saturated rings. The van der Waals surface area contributed by atoms with E-state index in [1.807, 2.05) is 35.7 Å². The number of aromatic nitrogens is 1. The fourth-order valence-electron chi connectivity index (χ4n) is 1.17. The zero-order valence-electron chi connectivity index (χ0n) is 8.46. The summed E-state index contributed by atoms with van der Waals surface area (Å²) in [6.45, 7) is 0. The third-order valence-corrected chi connectivity index (χ3v) is 2.58. The highest BCUT2D eigenvalue weighted by atomic mass is 32.1. The lowest BCUT2D eigenvalue weighted by Crippen LogP contribution is -2.06. The molecule has 0 atom stereocenters. The second kappa shape index (κ2) is 5.23. The van der Waals surface area contributed by atoms with Gasteiger partial charge in [0.1, 0.15) is 0 Å². The Balaban J connectivity index is 1.95. The van der Waals surface area contributed by atoms with Crippen molar-refractivity contribution in [2.75, 3.05) is 5.32 Å². The first-order valence-corrected chi connectivity index (χ1v) is 5.66. The van der Waals surface area contributed by atoms with Crippen LogP contribution >= 0.6 is 11.3 Å². The van der Waals surface area contributed by atoms with E-state index in [4.69, 9.17) is 0 Å². The molecule has 2 rings (SSSR count). The van der Waals surface area contributed by atoms with Gasteiger partial charge in [-0.3, -0.25) is 10.1 Å².